The third-order valence-corrected chi connectivity index (χ3v) is 3.15. The van der Waals surface area contributed by atoms with Crippen LogP contribution in [0.25, 0.3) is 0 Å². The Bertz CT molecular complexity index is 340. The van der Waals surface area contributed by atoms with Crippen LogP contribution in [0, 0.1) is 6.92 Å². The molecule has 0 amide bonds. The van der Waals surface area contributed by atoms with Gasteiger partial charge in [-0.25, -0.2) is 0 Å². The summed E-state index contributed by atoms with van der Waals surface area (Å²) in [6.45, 7) is 6.09. The van der Waals surface area contributed by atoms with Crippen molar-refractivity contribution in [3.05, 3.63) is 29.6 Å². The highest BCUT2D eigenvalue weighted by Gasteiger charge is 2.20. The number of nitrogens with one attached hydrogen (secondary N) is 1. The van der Waals surface area contributed by atoms with Crippen LogP contribution in [0.1, 0.15) is 30.9 Å². The molecule has 0 saturated carbocycles. The van der Waals surface area contributed by atoms with E-state index in [4.69, 9.17) is 4.74 Å². The molecule has 3 heteroatoms. The molecule has 1 aromatic rings. The summed E-state index contributed by atoms with van der Waals surface area (Å²) in [6.07, 6.45) is 6.97. The predicted octanol–water partition coefficient (Wildman–Crippen LogP) is 2.05. The fraction of sp³-hybridized carbons (Fsp3) is 0.615. The van der Waals surface area contributed by atoms with Crippen LogP contribution in [0.3, 0.4) is 0 Å². The van der Waals surface area contributed by atoms with Crippen molar-refractivity contribution in [2.24, 2.45) is 0 Å². The van der Waals surface area contributed by atoms with Gasteiger partial charge >= 0.3 is 0 Å². The van der Waals surface area contributed by atoms with Gasteiger partial charge in [-0.2, -0.15) is 0 Å². The van der Waals surface area contributed by atoms with Crippen LogP contribution in [-0.2, 0) is 11.3 Å². The fourth-order valence-corrected chi connectivity index (χ4v) is 2.08. The predicted molar refractivity (Wildman–Crippen MR) is 64.2 cm³/mol. The lowest BCUT2D eigenvalue weighted by molar-refractivity contribution is 0.0559. The monoisotopic (exact) mass is 220 g/mol. The average Bonchev–Trinajstić information content (AvgIpc) is 2.67. The number of hydrogen-bond acceptors (Lipinski definition) is 3. The van der Waals surface area contributed by atoms with Crippen molar-refractivity contribution in [1.29, 1.82) is 0 Å². The Balaban J connectivity index is 1.74. The van der Waals surface area contributed by atoms with Gasteiger partial charge in [0.2, 0.25) is 0 Å². The Hall–Kier alpha value is -0.930. The summed E-state index contributed by atoms with van der Waals surface area (Å²) in [4.78, 5) is 4.14. The van der Waals surface area contributed by atoms with E-state index in [0.29, 0.717) is 12.2 Å². The van der Waals surface area contributed by atoms with Crippen molar-refractivity contribution in [1.82, 2.24) is 10.3 Å². The molecule has 1 saturated heterocycles. The van der Waals surface area contributed by atoms with Crippen molar-refractivity contribution in [2.45, 2.75) is 45.4 Å². The summed E-state index contributed by atoms with van der Waals surface area (Å²) in [5.74, 6) is 0. The van der Waals surface area contributed by atoms with Gasteiger partial charge in [0.1, 0.15) is 0 Å². The van der Waals surface area contributed by atoms with E-state index in [1.807, 2.05) is 18.5 Å². The molecule has 2 atom stereocenters. The normalized spacial score (nSPS) is 24.9. The van der Waals surface area contributed by atoms with Gasteiger partial charge < -0.3 is 10.1 Å². The standard InChI is InChI=1S/C13H20N2O/c1-10-5-6-14-7-12(10)8-15-9-13-4-3-11(2)16-13/h5-7,11,13,15H,3-4,8-9H2,1-2H3. The summed E-state index contributed by atoms with van der Waals surface area (Å²) in [7, 11) is 0. The second-order valence-electron chi connectivity index (χ2n) is 4.58. The summed E-state index contributed by atoms with van der Waals surface area (Å²) in [5, 5.41) is 3.44. The minimum Gasteiger partial charge on any atom is -0.374 e. The Kier molecular flexibility index (Phi) is 3.91. The van der Waals surface area contributed by atoms with Gasteiger partial charge in [0, 0.05) is 25.5 Å². The molecule has 0 bridgehead atoms. The first-order valence-electron chi connectivity index (χ1n) is 6.01. The first kappa shape index (κ1) is 11.6. The molecule has 1 fully saturated rings. The molecule has 1 aromatic heterocycles. The van der Waals surface area contributed by atoms with E-state index in [2.05, 4.69) is 24.1 Å². The molecule has 16 heavy (non-hydrogen) atoms. The zero-order chi connectivity index (χ0) is 11.4. The third kappa shape index (κ3) is 3.03. The molecule has 1 aliphatic rings. The van der Waals surface area contributed by atoms with Gasteiger partial charge in [0.05, 0.1) is 12.2 Å². The molecular weight excluding hydrogens is 200 g/mol. The second-order valence-corrected chi connectivity index (χ2v) is 4.58. The van der Waals surface area contributed by atoms with Gasteiger partial charge in [-0.3, -0.25) is 4.98 Å². The van der Waals surface area contributed by atoms with E-state index in [0.717, 1.165) is 13.1 Å². The van der Waals surface area contributed by atoms with Crippen LogP contribution in [0.4, 0.5) is 0 Å². The van der Waals surface area contributed by atoms with Gasteiger partial charge in [-0.15, -0.1) is 0 Å². The number of ether oxygens (including phenoxy) is 1. The number of pyridine rings is 1. The van der Waals surface area contributed by atoms with Gasteiger partial charge in [-0.1, -0.05) is 0 Å². The SMILES string of the molecule is Cc1ccncc1CNCC1CCC(C)O1. The number of hydrogen-bond donors (Lipinski definition) is 1. The van der Waals surface area contributed by atoms with Crippen molar-refractivity contribution >= 4 is 0 Å². The zero-order valence-electron chi connectivity index (χ0n) is 10.1. The van der Waals surface area contributed by atoms with Crippen molar-refractivity contribution in [3.8, 4) is 0 Å². The average molecular weight is 220 g/mol. The highest BCUT2D eigenvalue weighted by atomic mass is 16.5. The molecule has 1 aliphatic heterocycles. The van der Waals surface area contributed by atoms with Crippen LogP contribution in [0.2, 0.25) is 0 Å². The molecule has 0 radical (unpaired) electrons. The highest BCUT2D eigenvalue weighted by Crippen LogP contribution is 2.18. The quantitative estimate of drug-likeness (QED) is 0.843. The van der Waals surface area contributed by atoms with E-state index in [1.54, 1.807) is 0 Å². The van der Waals surface area contributed by atoms with Crippen LogP contribution < -0.4 is 5.32 Å². The van der Waals surface area contributed by atoms with Gasteiger partial charge in [-0.05, 0) is 43.9 Å². The van der Waals surface area contributed by atoms with Gasteiger partial charge in [0.25, 0.3) is 0 Å². The van der Waals surface area contributed by atoms with E-state index in [1.165, 1.54) is 24.0 Å². The fourth-order valence-electron chi connectivity index (χ4n) is 2.08. The summed E-state index contributed by atoms with van der Waals surface area (Å²) in [6, 6.07) is 2.05. The summed E-state index contributed by atoms with van der Waals surface area (Å²) in [5.41, 5.74) is 2.57. The maximum Gasteiger partial charge on any atom is 0.0704 e. The number of rotatable bonds is 4. The van der Waals surface area contributed by atoms with E-state index in [-0.39, 0.29) is 0 Å². The Labute approximate surface area is 97.2 Å². The molecule has 88 valence electrons. The topological polar surface area (TPSA) is 34.2 Å². The lowest BCUT2D eigenvalue weighted by Crippen LogP contribution is -2.26. The second kappa shape index (κ2) is 5.41. The number of nitrogens with zero attached hydrogens (tertiary/aromatic N) is 1. The maximum absolute atomic E-state index is 5.75. The smallest absolute Gasteiger partial charge is 0.0704 e. The largest absolute Gasteiger partial charge is 0.374 e. The highest BCUT2D eigenvalue weighted by molar-refractivity contribution is 5.20. The lowest BCUT2D eigenvalue weighted by Gasteiger charge is -2.12. The molecule has 3 nitrogen and oxygen atoms in total. The molecule has 2 unspecified atom stereocenters. The van der Waals surface area contributed by atoms with Crippen LogP contribution in [0.5, 0.6) is 0 Å². The minimum atomic E-state index is 0.395. The third-order valence-electron chi connectivity index (χ3n) is 3.15. The Morgan fingerprint density at radius 2 is 2.38 bits per heavy atom. The van der Waals surface area contributed by atoms with E-state index in [9.17, 15) is 0 Å². The van der Waals surface area contributed by atoms with E-state index >= 15 is 0 Å². The van der Waals surface area contributed by atoms with Crippen molar-refractivity contribution < 1.29 is 4.74 Å². The van der Waals surface area contributed by atoms with Crippen molar-refractivity contribution in [2.75, 3.05) is 6.54 Å². The molecule has 2 rings (SSSR count). The maximum atomic E-state index is 5.75. The Morgan fingerprint density at radius 1 is 1.50 bits per heavy atom. The first-order valence-corrected chi connectivity index (χ1v) is 6.01. The molecule has 1 N–H and O–H groups in total. The van der Waals surface area contributed by atoms with Crippen molar-refractivity contribution in [3.63, 3.8) is 0 Å². The van der Waals surface area contributed by atoms with Crippen LogP contribution in [0.15, 0.2) is 18.5 Å². The first-order chi connectivity index (χ1) is 7.75. The van der Waals surface area contributed by atoms with Crippen LogP contribution >= 0.6 is 0 Å². The lowest BCUT2D eigenvalue weighted by atomic mass is 10.1. The Morgan fingerprint density at radius 3 is 3.06 bits per heavy atom. The molecule has 0 aliphatic carbocycles. The number of aryl methyl sites for hydroxylation is 1. The minimum absolute atomic E-state index is 0.395. The molecular formula is C13H20N2O. The summed E-state index contributed by atoms with van der Waals surface area (Å²) < 4.78 is 5.75. The molecule has 0 aromatic carbocycles. The number of aromatic nitrogens is 1. The molecule has 2 heterocycles. The van der Waals surface area contributed by atoms with Gasteiger partial charge in [0.15, 0.2) is 0 Å². The van der Waals surface area contributed by atoms with Crippen LogP contribution in [-0.4, -0.2) is 23.7 Å². The summed E-state index contributed by atoms with van der Waals surface area (Å²) >= 11 is 0. The molecule has 0 spiro atoms. The zero-order valence-corrected chi connectivity index (χ0v) is 10.1. The van der Waals surface area contributed by atoms with E-state index < -0.39 is 0 Å².